The van der Waals surface area contributed by atoms with Crippen molar-refractivity contribution in [1.82, 2.24) is 0 Å². The fourth-order valence-electron chi connectivity index (χ4n) is 1.94. The van der Waals surface area contributed by atoms with Gasteiger partial charge in [-0.05, 0) is 44.9 Å². The van der Waals surface area contributed by atoms with Crippen LogP contribution in [0.15, 0.2) is 23.2 Å². The van der Waals surface area contributed by atoms with Crippen molar-refractivity contribution in [3.63, 3.8) is 0 Å². The first kappa shape index (κ1) is 13.6. The average Bonchev–Trinajstić information content (AvgIpc) is 2.70. The number of halogens is 1. The summed E-state index contributed by atoms with van der Waals surface area (Å²) in [5.74, 6) is 5.94. The molecular weight excluding hydrogens is 241 g/mol. The Labute approximate surface area is 113 Å². The zero-order valence-electron chi connectivity index (χ0n) is 11.6. The molecule has 0 bridgehead atoms. The molecule has 0 radical (unpaired) electrons. The molecule has 1 aromatic carbocycles. The smallest absolute Gasteiger partial charge is 0.219 e. The molecule has 0 spiro atoms. The summed E-state index contributed by atoms with van der Waals surface area (Å²) in [6.07, 6.45) is 1.51. The minimum atomic E-state index is -0.279. The van der Waals surface area contributed by atoms with Crippen LogP contribution in [0.4, 0.5) is 4.39 Å². The van der Waals surface area contributed by atoms with Crippen molar-refractivity contribution in [2.75, 3.05) is 6.61 Å². The van der Waals surface area contributed by atoms with E-state index in [-0.39, 0.29) is 11.4 Å². The van der Waals surface area contributed by atoms with Gasteiger partial charge in [0.2, 0.25) is 5.90 Å². The lowest BCUT2D eigenvalue weighted by Gasteiger charge is -2.07. The van der Waals surface area contributed by atoms with Crippen molar-refractivity contribution >= 4 is 5.90 Å². The predicted molar refractivity (Wildman–Crippen MR) is 74.7 cm³/mol. The molecule has 0 aromatic heterocycles. The first-order chi connectivity index (χ1) is 9.02. The maximum absolute atomic E-state index is 14.1. The molecule has 2 nitrogen and oxygen atoms in total. The zero-order chi connectivity index (χ0) is 13.9. The van der Waals surface area contributed by atoms with Crippen molar-refractivity contribution in [3.8, 4) is 11.8 Å². The van der Waals surface area contributed by atoms with Crippen molar-refractivity contribution in [2.24, 2.45) is 4.99 Å². The van der Waals surface area contributed by atoms with Gasteiger partial charge in [-0.3, -0.25) is 0 Å². The molecule has 1 aliphatic heterocycles. The SMILES string of the molecule is CC#CCCc1ccc(C2=NC(C)(C)CO2)c(F)c1. The van der Waals surface area contributed by atoms with Crippen molar-refractivity contribution in [1.29, 1.82) is 0 Å². The highest BCUT2D eigenvalue weighted by atomic mass is 19.1. The van der Waals surface area contributed by atoms with Crippen LogP contribution in [0.3, 0.4) is 0 Å². The third-order valence-corrected chi connectivity index (χ3v) is 2.95. The van der Waals surface area contributed by atoms with Crippen molar-refractivity contribution in [2.45, 2.75) is 39.2 Å². The van der Waals surface area contributed by atoms with Crippen LogP contribution in [0, 0.1) is 17.7 Å². The van der Waals surface area contributed by atoms with Gasteiger partial charge in [0.25, 0.3) is 0 Å². The summed E-state index contributed by atoms with van der Waals surface area (Å²) < 4.78 is 19.5. The second-order valence-corrected chi connectivity index (χ2v) is 5.26. The maximum atomic E-state index is 14.1. The lowest BCUT2D eigenvalue weighted by molar-refractivity contribution is 0.279. The summed E-state index contributed by atoms with van der Waals surface area (Å²) in [5.41, 5.74) is 1.12. The number of aliphatic imine (C=N–C) groups is 1. The van der Waals surface area contributed by atoms with Gasteiger partial charge in [-0.1, -0.05) is 6.07 Å². The third-order valence-electron chi connectivity index (χ3n) is 2.95. The molecule has 3 heteroatoms. The van der Waals surface area contributed by atoms with Crippen LogP contribution in [0.5, 0.6) is 0 Å². The number of hydrogen-bond acceptors (Lipinski definition) is 2. The van der Waals surface area contributed by atoms with Crippen LogP contribution in [0.25, 0.3) is 0 Å². The van der Waals surface area contributed by atoms with Crippen LogP contribution < -0.4 is 0 Å². The summed E-state index contributed by atoms with van der Waals surface area (Å²) in [4.78, 5) is 4.39. The maximum Gasteiger partial charge on any atom is 0.219 e. The molecule has 0 fully saturated rings. The van der Waals surface area contributed by atoms with Gasteiger partial charge in [0.15, 0.2) is 0 Å². The first-order valence-corrected chi connectivity index (χ1v) is 6.43. The minimum absolute atomic E-state index is 0.267. The second kappa shape index (κ2) is 5.44. The number of aryl methyl sites for hydroxylation is 1. The molecule has 1 heterocycles. The van der Waals surface area contributed by atoms with E-state index >= 15 is 0 Å². The van der Waals surface area contributed by atoms with E-state index in [0.29, 0.717) is 18.1 Å². The number of rotatable bonds is 3. The van der Waals surface area contributed by atoms with Gasteiger partial charge in [-0.25, -0.2) is 9.38 Å². The zero-order valence-corrected chi connectivity index (χ0v) is 11.6. The third kappa shape index (κ3) is 3.35. The normalized spacial score (nSPS) is 16.3. The molecule has 0 amide bonds. The summed E-state index contributed by atoms with van der Waals surface area (Å²) in [6, 6.07) is 5.20. The first-order valence-electron chi connectivity index (χ1n) is 6.43. The largest absolute Gasteiger partial charge is 0.475 e. The van der Waals surface area contributed by atoms with E-state index in [1.807, 2.05) is 19.9 Å². The summed E-state index contributed by atoms with van der Waals surface area (Å²) in [5, 5.41) is 0. The summed E-state index contributed by atoms with van der Waals surface area (Å²) in [6.45, 7) is 6.24. The molecule has 0 saturated carbocycles. The van der Waals surface area contributed by atoms with E-state index in [9.17, 15) is 4.39 Å². The quantitative estimate of drug-likeness (QED) is 0.763. The Hall–Kier alpha value is -1.82. The van der Waals surface area contributed by atoms with Gasteiger partial charge in [0, 0.05) is 6.42 Å². The molecule has 0 atom stereocenters. The average molecular weight is 259 g/mol. The van der Waals surface area contributed by atoms with Gasteiger partial charge >= 0.3 is 0 Å². The standard InChI is InChI=1S/C16H18FNO/c1-4-5-6-7-12-8-9-13(14(17)10-12)15-18-16(2,3)11-19-15/h8-10H,6-7,11H2,1-3H3. The van der Waals surface area contributed by atoms with E-state index in [2.05, 4.69) is 16.8 Å². The molecule has 1 aliphatic rings. The fraction of sp³-hybridized carbons (Fsp3) is 0.438. The molecule has 100 valence electrons. The van der Waals surface area contributed by atoms with Crippen LogP contribution in [-0.4, -0.2) is 18.0 Å². The predicted octanol–water partition coefficient (Wildman–Crippen LogP) is 3.34. The molecule has 0 aliphatic carbocycles. The van der Waals surface area contributed by atoms with E-state index in [1.165, 1.54) is 0 Å². The molecule has 2 rings (SSSR count). The van der Waals surface area contributed by atoms with E-state index < -0.39 is 0 Å². The molecule has 0 unspecified atom stereocenters. The number of benzene rings is 1. The Kier molecular flexibility index (Phi) is 3.90. The van der Waals surface area contributed by atoms with E-state index in [0.717, 1.165) is 18.4 Å². The minimum Gasteiger partial charge on any atom is -0.475 e. The van der Waals surface area contributed by atoms with Crippen LogP contribution in [0.2, 0.25) is 0 Å². The lowest BCUT2D eigenvalue weighted by Crippen LogP contribution is -2.17. The fourth-order valence-corrected chi connectivity index (χ4v) is 1.94. The van der Waals surface area contributed by atoms with Gasteiger partial charge in [-0.15, -0.1) is 11.8 Å². The van der Waals surface area contributed by atoms with Crippen LogP contribution in [-0.2, 0) is 11.2 Å². The van der Waals surface area contributed by atoms with E-state index in [4.69, 9.17) is 4.74 Å². The second-order valence-electron chi connectivity index (χ2n) is 5.26. The highest BCUT2D eigenvalue weighted by Crippen LogP contribution is 2.22. The van der Waals surface area contributed by atoms with E-state index in [1.54, 1.807) is 19.1 Å². The molecule has 0 N–H and O–H groups in total. The van der Waals surface area contributed by atoms with Crippen LogP contribution >= 0.6 is 0 Å². The highest BCUT2D eigenvalue weighted by Gasteiger charge is 2.28. The summed E-state index contributed by atoms with van der Waals surface area (Å²) >= 11 is 0. The summed E-state index contributed by atoms with van der Waals surface area (Å²) in [7, 11) is 0. The van der Waals surface area contributed by atoms with Gasteiger partial charge in [0.1, 0.15) is 12.4 Å². The monoisotopic (exact) mass is 259 g/mol. The molecular formula is C16H18FNO. The number of nitrogens with zero attached hydrogens (tertiary/aromatic N) is 1. The van der Waals surface area contributed by atoms with Crippen molar-refractivity contribution < 1.29 is 9.13 Å². The topological polar surface area (TPSA) is 21.6 Å². The Morgan fingerprint density at radius 1 is 1.42 bits per heavy atom. The molecule has 1 aromatic rings. The molecule has 0 saturated heterocycles. The highest BCUT2D eigenvalue weighted by molar-refractivity contribution is 5.95. The lowest BCUT2D eigenvalue weighted by atomic mass is 10.1. The Bertz CT molecular complexity index is 564. The van der Waals surface area contributed by atoms with Gasteiger partial charge < -0.3 is 4.74 Å². The molecule has 19 heavy (non-hydrogen) atoms. The number of hydrogen-bond donors (Lipinski definition) is 0. The van der Waals surface area contributed by atoms with Crippen molar-refractivity contribution in [3.05, 3.63) is 35.1 Å². The number of ether oxygens (including phenoxy) is 1. The van der Waals surface area contributed by atoms with Gasteiger partial charge in [-0.2, -0.15) is 0 Å². The Morgan fingerprint density at radius 2 is 2.21 bits per heavy atom. The van der Waals surface area contributed by atoms with Gasteiger partial charge in [0.05, 0.1) is 11.1 Å². The van der Waals surface area contributed by atoms with Crippen LogP contribution in [0.1, 0.15) is 38.3 Å². The Morgan fingerprint density at radius 3 is 2.79 bits per heavy atom. The Balaban J connectivity index is 2.17.